The normalized spacial score (nSPS) is 14.0. The number of hydrogen-bond acceptors (Lipinski definition) is 5. The van der Waals surface area contributed by atoms with Crippen molar-refractivity contribution in [3.05, 3.63) is 53.2 Å². The second-order valence-corrected chi connectivity index (χ2v) is 7.32. The van der Waals surface area contributed by atoms with Crippen molar-refractivity contribution in [2.24, 2.45) is 4.99 Å². The molecule has 170 valence electrons. The molecule has 1 saturated heterocycles. The summed E-state index contributed by atoms with van der Waals surface area (Å²) in [5.41, 5.74) is 3.46. The van der Waals surface area contributed by atoms with Gasteiger partial charge in [-0.3, -0.25) is 4.99 Å². The summed E-state index contributed by atoms with van der Waals surface area (Å²) in [6.45, 7) is 9.41. The first-order chi connectivity index (χ1) is 14.7. The van der Waals surface area contributed by atoms with Crippen LogP contribution in [0.25, 0.3) is 0 Å². The smallest absolute Gasteiger partial charge is 0.191 e. The van der Waals surface area contributed by atoms with Gasteiger partial charge in [0.1, 0.15) is 11.6 Å². The largest absolute Gasteiger partial charge is 0.493 e. The molecule has 0 bridgehead atoms. The monoisotopic (exact) mass is 539 g/mol. The van der Waals surface area contributed by atoms with Crippen molar-refractivity contribution in [3.8, 4) is 5.75 Å². The Morgan fingerprint density at radius 1 is 1.16 bits per heavy atom. The number of aliphatic imine (C=N–C) groups is 1. The second kappa shape index (κ2) is 13.4. The lowest BCUT2D eigenvalue weighted by molar-refractivity contribution is 0.122. The van der Waals surface area contributed by atoms with E-state index in [2.05, 4.69) is 63.6 Å². The number of pyridine rings is 1. The third-order valence-corrected chi connectivity index (χ3v) is 4.98. The number of anilines is 1. The minimum atomic E-state index is 0. The molecule has 0 saturated carbocycles. The first-order valence-electron chi connectivity index (χ1n) is 10.6. The Morgan fingerprint density at radius 2 is 1.90 bits per heavy atom. The highest BCUT2D eigenvalue weighted by molar-refractivity contribution is 14.0. The van der Waals surface area contributed by atoms with Gasteiger partial charge in [-0.25, -0.2) is 4.98 Å². The zero-order chi connectivity index (χ0) is 21.2. The number of aryl methyl sites for hydroxylation is 1. The van der Waals surface area contributed by atoms with Gasteiger partial charge in [-0.15, -0.1) is 24.0 Å². The molecule has 0 radical (unpaired) electrons. The molecule has 1 fully saturated rings. The molecule has 0 aliphatic carbocycles. The van der Waals surface area contributed by atoms with E-state index in [1.807, 2.05) is 12.3 Å². The summed E-state index contributed by atoms with van der Waals surface area (Å²) in [7, 11) is 1.78. The van der Waals surface area contributed by atoms with Crippen LogP contribution in [0.15, 0.2) is 41.5 Å². The van der Waals surface area contributed by atoms with Gasteiger partial charge in [0.15, 0.2) is 5.96 Å². The van der Waals surface area contributed by atoms with Crippen molar-refractivity contribution in [1.82, 2.24) is 15.6 Å². The summed E-state index contributed by atoms with van der Waals surface area (Å²) in [5, 5.41) is 6.81. The minimum Gasteiger partial charge on any atom is -0.493 e. The van der Waals surface area contributed by atoms with Gasteiger partial charge in [-0.05, 0) is 31.0 Å². The van der Waals surface area contributed by atoms with Crippen molar-refractivity contribution in [2.75, 3.05) is 44.9 Å². The summed E-state index contributed by atoms with van der Waals surface area (Å²) in [5.74, 6) is 2.69. The Balaban J connectivity index is 0.00000341. The van der Waals surface area contributed by atoms with Gasteiger partial charge >= 0.3 is 0 Å². The number of hydrogen-bond donors (Lipinski definition) is 2. The van der Waals surface area contributed by atoms with E-state index in [0.29, 0.717) is 13.1 Å². The zero-order valence-electron chi connectivity index (χ0n) is 18.7. The lowest BCUT2D eigenvalue weighted by Gasteiger charge is -2.29. The Hall–Kier alpha value is -2.07. The van der Waals surface area contributed by atoms with Crippen LogP contribution < -0.4 is 20.3 Å². The highest BCUT2D eigenvalue weighted by Gasteiger charge is 2.16. The van der Waals surface area contributed by atoms with Crippen molar-refractivity contribution in [2.45, 2.75) is 33.4 Å². The Morgan fingerprint density at radius 3 is 2.61 bits per heavy atom. The molecule has 3 rings (SSSR count). The van der Waals surface area contributed by atoms with E-state index in [0.717, 1.165) is 68.0 Å². The molecule has 31 heavy (non-hydrogen) atoms. The van der Waals surface area contributed by atoms with E-state index in [1.54, 1.807) is 7.05 Å². The van der Waals surface area contributed by atoms with Crippen LogP contribution in [0.1, 0.15) is 30.0 Å². The molecular weight excluding hydrogens is 505 g/mol. The summed E-state index contributed by atoms with van der Waals surface area (Å²) >= 11 is 0. The number of guanidine groups is 1. The molecule has 1 aliphatic heterocycles. The van der Waals surface area contributed by atoms with Crippen LogP contribution in [-0.4, -0.2) is 50.9 Å². The number of aromatic nitrogens is 1. The third-order valence-electron chi connectivity index (χ3n) is 4.98. The third kappa shape index (κ3) is 7.53. The number of ether oxygens (including phenoxy) is 2. The van der Waals surface area contributed by atoms with Gasteiger partial charge in [-0.1, -0.05) is 25.1 Å². The number of morpholine rings is 1. The van der Waals surface area contributed by atoms with E-state index in [1.165, 1.54) is 5.56 Å². The van der Waals surface area contributed by atoms with Crippen LogP contribution in [0, 0.1) is 6.92 Å². The van der Waals surface area contributed by atoms with Crippen LogP contribution in [0.4, 0.5) is 5.82 Å². The van der Waals surface area contributed by atoms with Crippen LogP contribution in [0.3, 0.4) is 0 Å². The summed E-state index contributed by atoms with van der Waals surface area (Å²) in [6, 6.07) is 10.4. The fourth-order valence-corrected chi connectivity index (χ4v) is 3.36. The molecule has 1 aromatic heterocycles. The fraction of sp³-hybridized carbons (Fsp3) is 0.478. The van der Waals surface area contributed by atoms with Crippen LogP contribution >= 0.6 is 24.0 Å². The van der Waals surface area contributed by atoms with E-state index < -0.39 is 0 Å². The first-order valence-corrected chi connectivity index (χ1v) is 10.6. The molecule has 2 N–H and O–H groups in total. The topological polar surface area (TPSA) is 71.0 Å². The average Bonchev–Trinajstić information content (AvgIpc) is 2.79. The predicted octanol–water partition coefficient (Wildman–Crippen LogP) is 3.50. The number of halogens is 1. The maximum Gasteiger partial charge on any atom is 0.191 e. The van der Waals surface area contributed by atoms with E-state index >= 15 is 0 Å². The summed E-state index contributed by atoms with van der Waals surface area (Å²) < 4.78 is 11.4. The standard InChI is InChI=1S/C23H33N5O2.HI/c1-4-12-30-21-15-18(2)7-8-19(21)16-26-23(24-3)27-17-20-6-5-9-25-22(20)28-10-13-29-14-11-28;/h5-9,15H,4,10-14,16-17H2,1-3H3,(H2,24,26,27);1H. The molecule has 2 aromatic rings. The van der Waals surface area contributed by atoms with Crippen LogP contribution in [0.2, 0.25) is 0 Å². The van der Waals surface area contributed by atoms with Gasteiger partial charge in [0.2, 0.25) is 0 Å². The molecule has 1 aromatic carbocycles. The quantitative estimate of drug-likeness (QED) is 0.304. The van der Waals surface area contributed by atoms with Gasteiger partial charge in [0, 0.05) is 50.6 Å². The maximum atomic E-state index is 5.92. The highest BCUT2D eigenvalue weighted by Crippen LogP contribution is 2.21. The van der Waals surface area contributed by atoms with E-state index in [-0.39, 0.29) is 24.0 Å². The Bertz CT molecular complexity index is 840. The number of nitrogens with zero attached hydrogens (tertiary/aromatic N) is 3. The molecule has 7 nitrogen and oxygen atoms in total. The van der Waals surface area contributed by atoms with E-state index in [9.17, 15) is 0 Å². The molecule has 0 amide bonds. The number of rotatable bonds is 8. The molecule has 0 atom stereocenters. The highest BCUT2D eigenvalue weighted by atomic mass is 127. The molecule has 0 spiro atoms. The summed E-state index contributed by atoms with van der Waals surface area (Å²) in [4.78, 5) is 11.2. The van der Waals surface area contributed by atoms with Crippen LogP contribution in [-0.2, 0) is 17.8 Å². The number of nitrogens with one attached hydrogen (secondary N) is 2. The predicted molar refractivity (Wildman–Crippen MR) is 137 cm³/mol. The van der Waals surface area contributed by atoms with Crippen molar-refractivity contribution in [3.63, 3.8) is 0 Å². The molecule has 0 unspecified atom stereocenters. The lowest BCUT2D eigenvalue weighted by atomic mass is 10.1. The van der Waals surface area contributed by atoms with Crippen molar-refractivity contribution >= 4 is 35.8 Å². The second-order valence-electron chi connectivity index (χ2n) is 7.32. The van der Waals surface area contributed by atoms with Crippen molar-refractivity contribution < 1.29 is 9.47 Å². The fourth-order valence-electron chi connectivity index (χ4n) is 3.36. The molecule has 2 heterocycles. The number of benzene rings is 1. The van der Waals surface area contributed by atoms with E-state index in [4.69, 9.17) is 9.47 Å². The van der Waals surface area contributed by atoms with Crippen molar-refractivity contribution in [1.29, 1.82) is 0 Å². The SMILES string of the molecule is CCCOc1cc(C)ccc1CNC(=NC)NCc1cccnc1N1CCOCC1.I. The molecule has 1 aliphatic rings. The summed E-state index contributed by atoms with van der Waals surface area (Å²) in [6.07, 6.45) is 2.83. The molecule has 8 heteroatoms. The van der Waals surface area contributed by atoms with Gasteiger partial charge in [0.25, 0.3) is 0 Å². The van der Waals surface area contributed by atoms with Gasteiger partial charge in [-0.2, -0.15) is 0 Å². The lowest BCUT2D eigenvalue weighted by Crippen LogP contribution is -2.39. The average molecular weight is 539 g/mol. The van der Waals surface area contributed by atoms with Gasteiger partial charge in [0.05, 0.1) is 19.8 Å². The Kier molecular flexibility index (Phi) is 10.9. The maximum absolute atomic E-state index is 5.92. The molecular formula is C23H34IN5O2. The van der Waals surface area contributed by atoms with Gasteiger partial charge < -0.3 is 25.0 Å². The first kappa shape index (κ1) is 25.2. The zero-order valence-corrected chi connectivity index (χ0v) is 21.0. The van der Waals surface area contributed by atoms with Crippen LogP contribution in [0.5, 0.6) is 5.75 Å². The minimum absolute atomic E-state index is 0. The Labute approximate surface area is 202 Å².